The summed E-state index contributed by atoms with van der Waals surface area (Å²) >= 11 is 5.72. The van der Waals surface area contributed by atoms with Gasteiger partial charge in [-0.15, -0.1) is 11.6 Å². The van der Waals surface area contributed by atoms with Gasteiger partial charge in [0.2, 0.25) is 0 Å². The summed E-state index contributed by atoms with van der Waals surface area (Å²) in [5, 5.41) is 10.1. The second kappa shape index (κ2) is 3.36. The molecule has 0 aromatic carbocycles. The highest BCUT2D eigenvalue weighted by molar-refractivity contribution is 6.17. The Kier molecular flexibility index (Phi) is 2.26. The normalized spacial score (nSPS) is 50.6. The fourth-order valence-corrected chi connectivity index (χ4v) is 4.17. The van der Waals surface area contributed by atoms with Gasteiger partial charge in [-0.25, -0.2) is 0 Å². The molecule has 1 aliphatic heterocycles. The van der Waals surface area contributed by atoms with E-state index in [4.69, 9.17) is 11.6 Å². The molecule has 3 heteroatoms. The topological polar surface area (TPSA) is 23.5 Å². The molecule has 2 aliphatic carbocycles. The van der Waals surface area contributed by atoms with Crippen molar-refractivity contribution < 1.29 is 5.11 Å². The standard InChI is InChI=1S/C11H18ClNO/c12-2-1-3-13-6-8-4-7-5-9(8)10(13)11(7)14/h7-11,14H,1-6H2. The average molecular weight is 216 g/mol. The van der Waals surface area contributed by atoms with Crippen LogP contribution >= 0.6 is 11.6 Å². The predicted molar refractivity (Wildman–Crippen MR) is 56.4 cm³/mol. The quantitative estimate of drug-likeness (QED) is 0.718. The Hall–Kier alpha value is 0.210. The minimum Gasteiger partial charge on any atom is -0.391 e. The van der Waals surface area contributed by atoms with Gasteiger partial charge in [-0.3, -0.25) is 4.90 Å². The molecule has 1 N–H and O–H groups in total. The second-order valence-corrected chi connectivity index (χ2v) is 5.55. The maximum absolute atomic E-state index is 10.1. The molecule has 80 valence electrons. The van der Waals surface area contributed by atoms with Crippen LogP contribution in [-0.4, -0.2) is 41.1 Å². The van der Waals surface area contributed by atoms with E-state index in [1.165, 1.54) is 19.4 Å². The fraction of sp³-hybridized carbons (Fsp3) is 1.00. The molecule has 2 saturated carbocycles. The lowest BCUT2D eigenvalue weighted by molar-refractivity contribution is 0.0512. The number of nitrogens with zero attached hydrogens (tertiary/aromatic N) is 1. The van der Waals surface area contributed by atoms with Crippen molar-refractivity contribution in [3.8, 4) is 0 Å². The molecule has 2 bridgehead atoms. The van der Waals surface area contributed by atoms with Crippen LogP contribution in [0.1, 0.15) is 19.3 Å². The SMILES string of the molecule is OC1C2CC3CN(CCCCl)C1C3C2. The maximum Gasteiger partial charge on any atom is 0.0726 e. The molecule has 0 spiro atoms. The number of aliphatic hydroxyl groups excluding tert-OH is 1. The van der Waals surface area contributed by atoms with Gasteiger partial charge in [-0.1, -0.05) is 0 Å². The van der Waals surface area contributed by atoms with Crippen molar-refractivity contribution in [2.24, 2.45) is 17.8 Å². The van der Waals surface area contributed by atoms with Gasteiger partial charge in [-0.2, -0.15) is 0 Å². The summed E-state index contributed by atoms with van der Waals surface area (Å²) < 4.78 is 0. The molecule has 2 nitrogen and oxygen atoms in total. The summed E-state index contributed by atoms with van der Waals surface area (Å²) in [7, 11) is 0. The smallest absolute Gasteiger partial charge is 0.0726 e. The van der Waals surface area contributed by atoms with E-state index < -0.39 is 0 Å². The number of hydrogen-bond donors (Lipinski definition) is 1. The molecule has 5 unspecified atom stereocenters. The van der Waals surface area contributed by atoms with Crippen molar-refractivity contribution >= 4 is 11.6 Å². The van der Waals surface area contributed by atoms with Crippen molar-refractivity contribution in [2.75, 3.05) is 19.0 Å². The van der Waals surface area contributed by atoms with E-state index in [9.17, 15) is 5.11 Å². The third-order valence-corrected chi connectivity index (χ3v) is 4.79. The maximum atomic E-state index is 10.1. The zero-order chi connectivity index (χ0) is 9.71. The van der Waals surface area contributed by atoms with E-state index in [0.29, 0.717) is 12.0 Å². The first kappa shape index (κ1) is 9.44. The third-order valence-electron chi connectivity index (χ3n) is 4.53. The zero-order valence-corrected chi connectivity index (χ0v) is 9.16. The lowest BCUT2D eigenvalue weighted by Crippen LogP contribution is -2.41. The second-order valence-electron chi connectivity index (χ2n) is 5.17. The highest BCUT2D eigenvalue weighted by Crippen LogP contribution is 2.54. The van der Waals surface area contributed by atoms with Crippen LogP contribution in [0.2, 0.25) is 0 Å². The van der Waals surface area contributed by atoms with Crippen molar-refractivity contribution in [1.82, 2.24) is 4.90 Å². The predicted octanol–water partition coefficient (Wildman–Crippen LogP) is 1.32. The molecule has 3 fully saturated rings. The van der Waals surface area contributed by atoms with Crippen molar-refractivity contribution in [1.29, 1.82) is 0 Å². The number of aliphatic hydroxyl groups is 1. The molecule has 1 saturated heterocycles. The van der Waals surface area contributed by atoms with Gasteiger partial charge in [0.1, 0.15) is 0 Å². The number of rotatable bonds is 3. The summed E-state index contributed by atoms with van der Waals surface area (Å²) in [6, 6.07) is 0.488. The number of fused-ring (bicyclic) bond motifs is 1. The number of likely N-dealkylation sites (tertiary alicyclic amines) is 1. The van der Waals surface area contributed by atoms with E-state index in [0.717, 1.165) is 30.7 Å². The van der Waals surface area contributed by atoms with Gasteiger partial charge in [0, 0.05) is 18.5 Å². The molecule has 14 heavy (non-hydrogen) atoms. The van der Waals surface area contributed by atoms with Crippen LogP contribution in [0.25, 0.3) is 0 Å². The Labute approximate surface area is 90.2 Å². The highest BCUT2D eigenvalue weighted by atomic mass is 35.5. The molecule has 5 atom stereocenters. The monoisotopic (exact) mass is 215 g/mol. The van der Waals surface area contributed by atoms with E-state index in [1.807, 2.05) is 0 Å². The van der Waals surface area contributed by atoms with Crippen LogP contribution in [0.5, 0.6) is 0 Å². The Morgan fingerprint density at radius 1 is 1.29 bits per heavy atom. The summed E-state index contributed by atoms with van der Waals surface area (Å²) in [5.41, 5.74) is 0. The molecule has 0 aromatic rings. The Morgan fingerprint density at radius 3 is 2.86 bits per heavy atom. The van der Waals surface area contributed by atoms with Crippen LogP contribution < -0.4 is 0 Å². The van der Waals surface area contributed by atoms with Crippen LogP contribution in [0, 0.1) is 17.8 Å². The van der Waals surface area contributed by atoms with E-state index in [1.54, 1.807) is 0 Å². The van der Waals surface area contributed by atoms with Gasteiger partial charge in [-0.05, 0) is 43.6 Å². The van der Waals surface area contributed by atoms with Gasteiger partial charge in [0.05, 0.1) is 6.10 Å². The van der Waals surface area contributed by atoms with Crippen molar-refractivity contribution in [3.63, 3.8) is 0 Å². The highest BCUT2D eigenvalue weighted by Gasteiger charge is 2.58. The lowest BCUT2D eigenvalue weighted by atomic mass is 9.88. The van der Waals surface area contributed by atoms with Gasteiger partial charge in [0.15, 0.2) is 0 Å². The van der Waals surface area contributed by atoms with Gasteiger partial charge >= 0.3 is 0 Å². The molecule has 0 amide bonds. The summed E-state index contributed by atoms with van der Waals surface area (Å²) in [6.07, 6.45) is 3.59. The van der Waals surface area contributed by atoms with Gasteiger partial charge in [0.25, 0.3) is 0 Å². The Morgan fingerprint density at radius 2 is 2.14 bits per heavy atom. The van der Waals surface area contributed by atoms with Crippen LogP contribution in [0.3, 0.4) is 0 Å². The molecule has 3 rings (SSSR count). The summed E-state index contributed by atoms with van der Waals surface area (Å²) in [5.74, 6) is 3.07. The summed E-state index contributed by atoms with van der Waals surface area (Å²) in [6.45, 7) is 2.31. The lowest BCUT2D eigenvalue weighted by Gasteiger charge is -2.28. The van der Waals surface area contributed by atoms with E-state index >= 15 is 0 Å². The number of alkyl halides is 1. The van der Waals surface area contributed by atoms with Crippen molar-refractivity contribution in [2.45, 2.75) is 31.4 Å². The molecule has 1 heterocycles. The first-order valence-electron chi connectivity index (χ1n) is 5.79. The Bertz CT molecular complexity index is 233. The number of hydrogen-bond acceptors (Lipinski definition) is 2. The molecular weight excluding hydrogens is 198 g/mol. The van der Waals surface area contributed by atoms with Crippen LogP contribution in [0.4, 0.5) is 0 Å². The number of halogens is 1. The fourth-order valence-electron chi connectivity index (χ4n) is 4.05. The molecule has 0 radical (unpaired) electrons. The Balaban J connectivity index is 1.72. The summed E-state index contributed by atoms with van der Waals surface area (Å²) in [4.78, 5) is 2.50. The van der Waals surface area contributed by atoms with Crippen molar-refractivity contribution in [3.05, 3.63) is 0 Å². The van der Waals surface area contributed by atoms with Gasteiger partial charge < -0.3 is 5.11 Å². The van der Waals surface area contributed by atoms with Crippen LogP contribution in [-0.2, 0) is 0 Å². The van der Waals surface area contributed by atoms with E-state index in [-0.39, 0.29) is 6.10 Å². The minimum absolute atomic E-state index is 0.0333. The zero-order valence-electron chi connectivity index (χ0n) is 8.40. The van der Waals surface area contributed by atoms with Crippen LogP contribution in [0.15, 0.2) is 0 Å². The minimum atomic E-state index is -0.0333. The molecule has 0 aromatic heterocycles. The first-order chi connectivity index (χ1) is 6.81. The van der Waals surface area contributed by atoms with E-state index in [2.05, 4.69) is 4.90 Å². The third kappa shape index (κ3) is 1.17. The largest absolute Gasteiger partial charge is 0.391 e. The average Bonchev–Trinajstić information content (AvgIpc) is 2.74. The first-order valence-corrected chi connectivity index (χ1v) is 6.33. The molecule has 3 aliphatic rings. The molecular formula is C11H18ClNO.